The van der Waals surface area contributed by atoms with Gasteiger partial charge in [0.15, 0.2) is 18.2 Å². The van der Waals surface area contributed by atoms with E-state index in [1.165, 1.54) is 6.07 Å². The van der Waals surface area contributed by atoms with Crippen molar-refractivity contribution in [3.8, 4) is 0 Å². The van der Waals surface area contributed by atoms with E-state index in [2.05, 4.69) is 15.7 Å². The Hall–Kier alpha value is -3.30. The predicted octanol–water partition coefficient (Wildman–Crippen LogP) is 1.16. The Morgan fingerprint density at radius 1 is 1.14 bits per heavy atom. The van der Waals surface area contributed by atoms with Gasteiger partial charge in [-0.05, 0) is 26.0 Å². The molecule has 2 amide bonds. The first kappa shape index (κ1) is 21.0. The molecule has 0 aliphatic carbocycles. The Morgan fingerprint density at radius 3 is 2.46 bits per heavy atom. The number of hydrogen-bond acceptors (Lipinski definition) is 5. The first-order chi connectivity index (χ1) is 13.2. The quantitative estimate of drug-likeness (QED) is 0.686. The average Bonchev–Trinajstić information content (AvgIpc) is 2.87. The van der Waals surface area contributed by atoms with E-state index in [1.807, 2.05) is 6.92 Å². The van der Waals surface area contributed by atoms with Crippen molar-refractivity contribution in [3.63, 3.8) is 0 Å². The van der Waals surface area contributed by atoms with Gasteiger partial charge in [0.2, 0.25) is 5.91 Å². The second-order valence-corrected chi connectivity index (χ2v) is 6.06. The summed E-state index contributed by atoms with van der Waals surface area (Å²) in [6, 6.07) is 2.87. The Balaban J connectivity index is 1.73. The van der Waals surface area contributed by atoms with Crippen LogP contribution in [0, 0.1) is 25.5 Å². The highest BCUT2D eigenvalue weighted by Gasteiger charge is 2.16. The van der Waals surface area contributed by atoms with E-state index >= 15 is 0 Å². The van der Waals surface area contributed by atoms with Gasteiger partial charge in [0.1, 0.15) is 0 Å². The maximum Gasteiger partial charge on any atom is 0.310 e. The molecule has 150 valence electrons. The molecule has 2 aromatic rings. The molecule has 0 radical (unpaired) electrons. The first-order valence-electron chi connectivity index (χ1n) is 8.33. The fraction of sp³-hybridized carbons (Fsp3) is 0.333. The lowest BCUT2D eigenvalue weighted by molar-refractivity contribution is -0.147. The zero-order valence-corrected chi connectivity index (χ0v) is 15.6. The van der Waals surface area contributed by atoms with Crippen LogP contribution in [-0.2, 0) is 32.6 Å². The van der Waals surface area contributed by atoms with Crippen LogP contribution in [0.1, 0.15) is 17.0 Å². The monoisotopic (exact) mass is 394 g/mol. The van der Waals surface area contributed by atoms with Crippen LogP contribution in [-0.4, -0.2) is 40.7 Å². The SMILES string of the molecule is Cc1nn(C)c(C)c1CC(=O)OCC(=O)NCC(=O)Nc1ccc(F)c(F)c1. The highest BCUT2D eigenvalue weighted by Crippen LogP contribution is 2.13. The third-order valence-electron chi connectivity index (χ3n) is 3.99. The number of hydrogen-bond donors (Lipinski definition) is 2. The largest absolute Gasteiger partial charge is 0.455 e. The first-order valence-corrected chi connectivity index (χ1v) is 8.33. The van der Waals surface area contributed by atoms with Crippen molar-refractivity contribution in [2.75, 3.05) is 18.5 Å². The van der Waals surface area contributed by atoms with Crippen LogP contribution in [0.5, 0.6) is 0 Å². The lowest BCUT2D eigenvalue weighted by Crippen LogP contribution is -2.35. The minimum atomic E-state index is -1.10. The number of aryl methyl sites for hydroxylation is 2. The predicted molar refractivity (Wildman–Crippen MR) is 95.3 cm³/mol. The Bertz CT molecular complexity index is 911. The molecule has 1 heterocycles. The molecule has 1 aromatic carbocycles. The number of anilines is 1. The smallest absolute Gasteiger partial charge is 0.310 e. The summed E-state index contributed by atoms with van der Waals surface area (Å²) in [6.45, 7) is 2.63. The number of halogens is 2. The third-order valence-corrected chi connectivity index (χ3v) is 3.99. The maximum absolute atomic E-state index is 13.1. The molecular formula is C18H20F2N4O4. The Morgan fingerprint density at radius 2 is 1.86 bits per heavy atom. The number of rotatable bonds is 7. The zero-order chi connectivity index (χ0) is 20.8. The van der Waals surface area contributed by atoms with Crippen LogP contribution in [0.25, 0.3) is 0 Å². The number of nitrogens with one attached hydrogen (secondary N) is 2. The summed E-state index contributed by atoms with van der Waals surface area (Å²) in [4.78, 5) is 35.3. The van der Waals surface area contributed by atoms with Gasteiger partial charge in [0.25, 0.3) is 5.91 Å². The van der Waals surface area contributed by atoms with Crippen LogP contribution in [0.2, 0.25) is 0 Å². The van der Waals surface area contributed by atoms with E-state index in [0.29, 0.717) is 5.69 Å². The van der Waals surface area contributed by atoms with E-state index in [-0.39, 0.29) is 12.1 Å². The summed E-state index contributed by atoms with van der Waals surface area (Å²) in [5.41, 5.74) is 2.31. The summed E-state index contributed by atoms with van der Waals surface area (Å²) in [6.07, 6.45) is -0.0184. The van der Waals surface area contributed by atoms with Crippen molar-refractivity contribution in [1.82, 2.24) is 15.1 Å². The molecule has 0 atom stereocenters. The molecular weight excluding hydrogens is 374 g/mol. The number of carbonyl (C=O) groups is 3. The van der Waals surface area contributed by atoms with Crippen LogP contribution in [0.15, 0.2) is 18.2 Å². The van der Waals surface area contributed by atoms with E-state index in [0.717, 1.165) is 23.4 Å². The topological polar surface area (TPSA) is 102 Å². The van der Waals surface area contributed by atoms with Gasteiger partial charge in [0.05, 0.1) is 18.7 Å². The van der Waals surface area contributed by atoms with Crippen molar-refractivity contribution in [1.29, 1.82) is 0 Å². The minimum absolute atomic E-state index is 0.0184. The fourth-order valence-electron chi connectivity index (χ4n) is 2.42. The lowest BCUT2D eigenvalue weighted by atomic mass is 10.1. The van der Waals surface area contributed by atoms with E-state index < -0.39 is 42.6 Å². The zero-order valence-electron chi connectivity index (χ0n) is 15.6. The van der Waals surface area contributed by atoms with Crippen LogP contribution >= 0.6 is 0 Å². The Kier molecular flexibility index (Phi) is 6.80. The van der Waals surface area contributed by atoms with Gasteiger partial charge in [-0.3, -0.25) is 19.1 Å². The molecule has 8 nitrogen and oxygen atoms in total. The average molecular weight is 394 g/mol. The number of ether oxygens (including phenoxy) is 1. The summed E-state index contributed by atoms with van der Waals surface area (Å²) >= 11 is 0. The molecule has 2 rings (SSSR count). The summed E-state index contributed by atoms with van der Waals surface area (Å²) in [5, 5.41) is 8.76. The molecule has 0 bridgehead atoms. The van der Waals surface area contributed by atoms with Crippen molar-refractivity contribution < 1.29 is 27.9 Å². The Labute approximate surface area is 159 Å². The van der Waals surface area contributed by atoms with Crippen LogP contribution < -0.4 is 10.6 Å². The molecule has 0 fully saturated rings. The van der Waals surface area contributed by atoms with Gasteiger partial charge in [-0.1, -0.05) is 0 Å². The molecule has 0 spiro atoms. The number of aromatic nitrogens is 2. The van der Waals surface area contributed by atoms with E-state index in [1.54, 1.807) is 18.7 Å². The number of esters is 1. The molecule has 0 unspecified atom stereocenters. The van der Waals surface area contributed by atoms with Crippen molar-refractivity contribution in [2.24, 2.45) is 7.05 Å². The number of benzene rings is 1. The highest BCUT2D eigenvalue weighted by molar-refractivity contribution is 5.94. The van der Waals surface area contributed by atoms with Gasteiger partial charge in [-0.25, -0.2) is 8.78 Å². The maximum atomic E-state index is 13.1. The summed E-state index contributed by atoms with van der Waals surface area (Å²) in [7, 11) is 1.76. The molecule has 0 saturated heterocycles. The van der Waals surface area contributed by atoms with Gasteiger partial charge in [-0.2, -0.15) is 5.10 Å². The summed E-state index contributed by atoms with van der Waals surface area (Å²) in [5.74, 6) is -4.06. The molecule has 1 aromatic heterocycles. The molecule has 2 N–H and O–H groups in total. The molecule has 10 heteroatoms. The third kappa shape index (κ3) is 5.60. The lowest BCUT2D eigenvalue weighted by Gasteiger charge is -2.08. The van der Waals surface area contributed by atoms with Gasteiger partial charge in [0, 0.05) is 30.1 Å². The van der Waals surface area contributed by atoms with Gasteiger partial charge >= 0.3 is 5.97 Å². The van der Waals surface area contributed by atoms with Gasteiger partial charge < -0.3 is 15.4 Å². The molecule has 0 aliphatic rings. The number of carbonyl (C=O) groups excluding carboxylic acids is 3. The number of amides is 2. The van der Waals surface area contributed by atoms with Crippen molar-refractivity contribution in [2.45, 2.75) is 20.3 Å². The second kappa shape index (κ2) is 9.07. The van der Waals surface area contributed by atoms with Crippen molar-refractivity contribution >= 4 is 23.5 Å². The molecule has 28 heavy (non-hydrogen) atoms. The fourth-order valence-corrected chi connectivity index (χ4v) is 2.42. The van der Waals surface area contributed by atoms with E-state index in [4.69, 9.17) is 4.74 Å². The van der Waals surface area contributed by atoms with Crippen LogP contribution in [0.4, 0.5) is 14.5 Å². The second-order valence-electron chi connectivity index (χ2n) is 6.06. The van der Waals surface area contributed by atoms with Gasteiger partial charge in [-0.15, -0.1) is 0 Å². The standard InChI is InChI=1S/C18H20F2N4O4/c1-10-13(11(2)24(3)23-10)7-18(27)28-9-17(26)21-8-16(25)22-12-4-5-14(19)15(20)6-12/h4-6H,7-9H2,1-3H3,(H,21,26)(H,22,25). The van der Waals surface area contributed by atoms with Crippen LogP contribution in [0.3, 0.4) is 0 Å². The summed E-state index contributed by atoms with van der Waals surface area (Å²) < 4.78 is 32.5. The molecule has 0 aliphatic heterocycles. The normalized spacial score (nSPS) is 10.5. The minimum Gasteiger partial charge on any atom is -0.455 e. The van der Waals surface area contributed by atoms with Crippen molar-refractivity contribution in [3.05, 3.63) is 46.8 Å². The molecule has 0 saturated carbocycles. The number of nitrogens with zero attached hydrogens (tertiary/aromatic N) is 2. The van der Waals surface area contributed by atoms with E-state index in [9.17, 15) is 23.2 Å². The highest BCUT2D eigenvalue weighted by atomic mass is 19.2.